The smallest absolute Gasteiger partial charge is 0.373 e. The highest BCUT2D eigenvalue weighted by atomic mass is 16.5. The third-order valence-electron chi connectivity index (χ3n) is 2.49. The summed E-state index contributed by atoms with van der Waals surface area (Å²) in [7, 11) is 1.29. The summed E-state index contributed by atoms with van der Waals surface area (Å²) in [6.07, 6.45) is 0.170. The summed E-state index contributed by atoms with van der Waals surface area (Å²) in [5, 5.41) is 9.81. The summed E-state index contributed by atoms with van der Waals surface area (Å²) in [5.74, 6) is 0.0962. The Hall–Kier alpha value is -1.29. The summed E-state index contributed by atoms with van der Waals surface area (Å²) in [6.45, 7) is 3.91. The number of aliphatic hydroxyl groups is 1. The summed E-state index contributed by atoms with van der Waals surface area (Å²) < 4.78 is 9.70. The zero-order chi connectivity index (χ0) is 11.4. The van der Waals surface area contributed by atoms with Gasteiger partial charge in [0.25, 0.3) is 0 Å². The van der Waals surface area contributed by atoms with Crippen LogP contribution in [0.1, 0.15) is 42.7 Å². The van der Waals surface area contributed by atoms with Crippen LogP contribution in [0, 0.1) is 5.92 Å². The van der Waals surface area contributed by atoms with Gasteiger partial charge >= 0.3 is 5.97 Å². The van der Waals surface area contributed by atoms with Gasteiger partial charge in [0.05, 0.1) is 7.11 Å². The van der Waals surface area contributed by atoms with E-state index in [-0.39, 0.29) is 11.7 Å². The summed E-state index contributed by atoms with van der Waals surface area (Å²) in [5.41, 5.74) is 0. The fraction of sp³-hybridized carbons (Fsp3) is 0.545. The van der Waals surface area contributed by atoms with Crippen molar-refractivity contribution in [2.24, 2.45) is 5.92 Å². The second-order valence-corrected chi connectivity index (χ2v) is 3.52. The molecule has 1 rings (SSSR count). The predicted octanol–water partition coefficient (Wildman–Crippen LogP) is 2.15. The molecule has 0 radical (unpaired) electrons. The van der Waals surface area contributed by atoms with Gasteiger partial charge in [0, 0.05) is 0 Å². The first-order chi connectivity index (χ1) is 7.10. The minimum atomic E-state index is -0.673. The van der Waals surface area contributed by atoms with Crippen LogP contribution in [0.2, 0.25) is 0 Å². The average Bonchev–Trinajstić information content (AvgIpc) is 2.75. The van der Waals surface area contributed by atoms with Gasteiger partial charge in [-0.3, -0.25) is 0 Å². The number of furan rings is 1. The number of methoxy groups -OCH3 is 1. The van der Waals surface area contributed by atoms with E-state index in [1.165, 1.54) is 13.2 Å². The third kappa shape index (κ3) is 2.59. The van der Waals surface area contributed by atoms with Gasteiger partial charge in [-0.15, -0.1) is 0 Å². The maximum atomic E-state index is 11.1. The van der Waals surface area contributed by atoms with Crippen LogP contribution < -0.4 is 0 Å². The minimum absolute atomic E-state index is 0.0987. The van der Waals surface area contributed by atoms with E-state index in [2.05, 4.69) is 4.74 Å². The molecule has 0 bridgehead atoms. The van der Waals surface area contributed by atoms with Gasteiger partial charge in [-0.2, -0.15) is 0 Å². The number of rotatable bonds is 4. The van der Waals surface area contributed by atoms with Crippen molar-refractivity contribution in [2.45, 2.75) is 26.4 Å². The zero-order valence-electron chi connectivity index (χ0n) is 9.19. The van der Waals surface area contributed by atoms with Gasteiger partial charge in [0.2, 0.25) is 5.76 Å². The summed E-state index contributed by atoms with van der Waals surface area (Å²) >= 11 is 0. The van der Waals surface area contributed by atoms with E-state index in [1.807, 2.05) is 13.8 Å². The van der Waals surface area contributed by atoms with Crippen molar-refractivity contribution >= 4 is 5.97 Å². The first-order valence-corrected chi connectivity index (χ1v) is 4.96. The van der Waals surface area contributed by atoms with Crippen LogP contribution in [0.5, 0.6) is 0 Å². The maximum absolute atomic E-state index is 11.1. The third-order valence-corrected chi connectivity index (χ3v) is 2.49. The Morgan fingerprint density at radius 2 is 2.27 bits per heavy atom. The molecule has 4 nitrogen and oxygen atoms in total. The molecule has 0 aromatic carbocycles. The first-order valence-electron chi connectivity index (χ1n) is 4.96. The molecule has 84 valence electrons. The van der Waals surface area contributed by atoms with E-state index < -0.39 is 12.1 Å². The monoisotopic (exact) mass is 212 g/mol. The van der Waals surface area contributed by atoms with Crippen molar-refractivity contribution < 1.29 is 19.1 Å². The summed E-state index contributed by atoms with van der Waals surface area (Å²) in [4.78, 5) is 11.1. The highest BCUT2D eigenvalue weighted by molar-refractivity contribution is 5.86. The quantitative estimate of drug-likeness (QED) is 0.777. The Bertz CT molecular complexity index is 329. The van der Waals surface area contributed by atoms with Crippen LogP contribution in [0.4, 0.5) is 0 Å². The van der Waals surface area contributed by atoms with Crippen LogP contribution in [-0.2, 0) is 4.74 Å². The van der Waals surface area contributed by atoms with Crippen molar-refractivity contribution in [3.05, 3.63) is 23.7 Å². The molecular weight excluding hydrogens is 196 g/mol. The van der Waals surface area contributed by atoms with Gasteiger partial charge < -0.3 is 14.3 Å². The molecular formula is C11H16O4. The van der Waals surface area contributed by atoms with Crippen molar-refractivity contribution in [1.29, 1.82) is 0 Å². The fourth-order valence-electron chi connectivity index (χ4n) is 1.23. The van der Waals surface area contributed by atoms with Crippen LogP contribution in [0.3, 0.4) is 0 Å². The van der Waals surface area contributed by atoms with Crippen molar-refractivity contribution in [1.82, 2.24) is 0 Å². The average molecular weight is 212 g/mol. The molecule has 1 heterocycles. The van der Waals surface area contributed by atoms with Gasteiger partial charge in [0.1, 0.15) is 11.9 Å². The Morgan fingerprint density at radius 1 is 1.60 bits per heavy atom. The number of hydrogen-bond donors (Lipinski definition) is 1. The van der Waals surface area contributed by atoms with E-state index in [1.54, 1.807) is 6.07 Å². The molecule has 2 atom stereocenters. The fourth-order valence-corrected chi connectivity index (χ4v) is 1.23. The van der Waals surface area contributed by atoms with E-state index in [4.69, 9.17) is 4.42 Å². The summed E-state index contributed by atoms with van der Waals surface area (Å²) in [6, 6.07) is 3.11. The van der Waals surface area contributed by atoms with E-state index in [0.717, 1.165) is 6.42 Å². The predicted molar refractivity (Wildman–Crippen MR) is 54.5 cm³/mol. The highest BCUT2D eigenvalue weighted by Gasteiger charge is 2.20. The lowest BCUT2D eigenvalue weighted by Gasteiger charge is -2.13. The van der Waals surface area contributed by atoms with Gasteiger partial charge in [-0.1, -0.05) is 20.3 Å². The van der Waals surface area contributed by atoms with Crippen molar-refractivity contribution in [3.63, 3.8) is 0 Å². The number of carbonyl (C=O) groups excluding carboxylic acids is 1. The van der Waals surface area contributed by atoms with Crippen molar-refractivity contribution in [3.8, 4) is 0 Å². The highest BCUT2D eigenvalue weighted by Crippen LogP contribution is 2.25. The molecule has 1 N–H and O–H groups in total. The lowest BCUT2D eigenvalue weighted by Crippen LogP contribution is -2.07. The molecule has 0 aliphatic heterocycles. The van der Waals surface area contributed by atoms with Gasteiger partial charge in [-0.05, 0) is 18.1 Å². The molecule has 0 aliphatic rings. The molecule has 0 fully saturated rings. The Labute approximate surface area is 88.8 Å². The van der Waals surface area contributed by atoms with Crippen molar-refractivity contribution in [2.75, 3.05) is 7.11 Å². The van der Waals surface area contributed by atoms with Gasteiger partial charge in [-0.25, -0.2) is 4.79 Å². The number of aliphatic hydroxyl groups excluding tert-OH is 1. The standard InChI is InChI=1S/C11H16O4/c1-4-7(2)10(12)8-5-6-9(15-8)11(13)14-3/h5-7,10,12H,4H2,1-3H3. The lowest BCUT2D eigenvalue weighted by molar-refractivity contribution is 0.0540. The Kier molecular flexibility index (Phi) is 3.91. The Morgan fingerprint density at radius 3 is 2.80 bits per heavy atom. The molecule has 2 unspecified atom stereocenters. The molecule has 15 heavy (non-hydrogen) atoms. The molecule has 0 aliphatic carbocycles. The van der Waals surface area contributed by atoms with E-state index in [9.17, 15) is 9.90 Å². The van der Waals surface area contributed by atoms with E-state index in [0.29, 0.717) is 5.76 Å². The minimum Gasteiger partial charge on any atom is -0.463 e. The molecule has 1 aromatic heterocycles. The lowest BCUT2D eigenvalue weighted by atomic mass is 10.0. The molecule has 1 aromatic rings. The number of esters is 1. The molecule has 4 heteroatoms. The van der Waals surface area contributed by atoms with Crippen LogP contribution in [-0.4, -0.2) is 18.2 Å². The second kappa shape index (κ2) is 4.98. The second-order valence-electron chi connectivity index (χ2n) is 3.52. The zero-order valence-corrected chi connectivity index (χ0v) is 9.19. The number of carbonyl (C=O) groups is 1. The van der Waals surface area contributed by atoms with Crippen LogP contribution in [0.15, 0.2) is 16.5 Å². The molecule has 0 saturated heterocycles. The number of hydrogen-bond acceptors (Lipinski definition) is 4. The first kappa shape index (κ1) is 11.8. The number of ether oxygens (including phenoxy) is 1. The topological polar surface area (TPSA) is 59.7 Å². The Balaban J connectivity index is 2.79. The van der Waals surface area contributed by atoms with Crippen LogP contribution in [0.25, 0.3) is 0 Å². The largest absolute Gasteiger partial charge is 0.463 e. The maximum Gasteiger partial charge on any atom is 0.373 e. The van der Waals surface area contributed by atoms with E-state index >= 15 is 0 Å². The molecule has 0 amide bonds. The van der Waals surface area contributed by atoms with Gasteiger partial charge in [0.15, 0.2) is 0 Å². The molecule has 0 saturated carbocycles. The normalized spacial score (nSPS) is 14.7. The molecule has 0 spiro atoms. The SMILES string of the molecule is CCC(C)C(O)c1ccc(C(=O)OC)o1. The van der Waals surface area contributed by atoms with Crippen LogP contribution >= 0.6 is 0 Å².